The van der Waals surface area contributed by atoms with Crippen molar-refractivity contribution in [2.45, 2.75) is 113 Å². The first-order chi connectivity index (χ1) is 14.8. The van der Waals surface area contributed by atoms with Crippen LogP contribution in [0, 0.1) is 39.9 Å². The summed E-state index contributed by atoms with van der Waals surface area (Å²) in [5.74, 6) is 1.61. The van der Waals surface area contributed by atoms with Crippen LogP contribution >= 0.6 is 0 Å². The molecule has 0 heterocycles. The first kappa shape index (κ1) is 26.0. The third kappa shape index (κ3) is 3.95. The number of hydrogen-bond donors (Lipinski definition) is 3. The van der Waals surface area contributed by atoms with Crippen molar-refractivity contribution in [2.75, 3.05) is 6.61 Å². The number of hydrogen-bond acceptors (Lipinski definition) is 3. The lowest BCUT2D eigenvalue weighted by Gasteiger charge is -2.66. The molecule has 0 radical (unpaired) electrons. The molecule has 0 aromatic heterocycles. The zero-order valence-electron chi connectivity index (χ0n) is 22.0. The Morgan fingerprint density at radius 2 is 1.75 bits per heavy atom. The van der Waals surface area contributed by atoms with Crippen LogP contribution in [0.25, 0.3) is 0 Å². The second-order valence-corrected chi connectivity index (χ2v) is 12.7. The number of allylic oxidation sites excluding steroid dienone is 3. The van der Waals surface area contributed by atoms with Gasteiger partial charge in [-0.1, -0.05) is 43.6 Å². The van der Waals surface area contributed by atoms with E-state index in [-0.39, 0.29) is 41.0 Å². The molecule has 0 spiro atoms. The smallest absolute Gasteiger partial charge is 0.0614 e. The summed E-state index contributed by atoms with van der Waals surface area (Å²) < 4.78 is 0. The second-order valence-electron chi connectivity index (χ2n) is 12.7. The van der Waals surface area contributed by atoms with Gasteiger partial charge < -0.3 is 15.3 Å². The lowest BCUT2D eigenvalue weighted by Crippen LogP contribution is -2.61. The molecule has 0 amide bonds. The van der Waals surface area contributed by atoms with Crippen molar-refractivity contribution in [1.82, 2.24) is 0 Å². The summed E-state index contributed by atoms with van der Waals surface area (Å²) >= 11 is 0. The molecule has 32 heavy (non-hydrogen) atoms. The van der Waals surface area contributed by atoms with Crippen LogP contribution in [0.4, 0.5) is 0 Å². The summed E-state index contributed by atoms with van der Waals surface area (Å²) in [5.41, 5.74) is 3.83. The molecular formula is C29H50O3. The fourth-order valence-corrected chi connectivity index (χ4v) is 8.76. The van der Waals surface area contributed by atoms with E-state index in [2.05, 4.69) is 54.5 Å². The Morgan fingerprint density at radius 3 is 2.31 bits per heavy atom. The van der Waals surface area contributed by atoms with Gasteiger partial charge in [0.2, 0.25) is 0 Å². The van der Waals surface area contributed by atoms with E-state index in [0.29, 0.717) is 24.2 Å². The molecule has 3 N–H and O–H groups in total. The number of aliphatic hydroxyl groups excluding tert-OH is 3. The lowest BCUT2D eigenvalue weighted by molar-refractivity contribution is -0.192. The topological polar surface area (TPSA) is 60.7 Å². The average molecular weight is 447 g/mol. The Bertz CT molecular complexity index is 748. The molecule has 0 bridgehead atoms. The van der Waals surface area contributed by atoms with E-state index in [9.17, 15) is 15.3 Å². The van der Waals surface area contributed by atoms with E-state index in [1.807, 2.05) is 6.92 Å². The van der Waals surface area contributed by atoms with Gasteiger partial charge in [0.1, 0.15) is 0 Å². The summed E-state index contributed by atoms with van der Waals surface area (Å²) in [5, 5.41) is 32.5. The summed E-state index contributed by atoms with van der Waals surface area (Å²) in [6.45, 7) is 18.0. The van der Waals surface area contributed by atoms with Gasteiger partial charge >= 0.3 is 0 Å². The molecule has 3 aliphatic rings. The van der Waals surface area contributed by atoms with E-state index in [1.54, 1.807) is 0 Å². The minimum atomic E-state index is -0.383. The Labute approximate surface area is 197 Å². The van der Waals surface area contributed by atoms with Gasteiger partial charge in [0.15, 0.2) is 0 Å². The third-order valence-electron chi connectivity index (χ3n) is 10.8. The largest absolute Gasteiger partial charge is 0.396 e. The van der Waals surface area contributed by atoms with Crippen molar-refractivity contribution in [3.8, 4) is 0 Å². The quantitative estimate of drug-likeness (QED) is 0.421. The minimum Gasteiger partial charge on any atom is -0.396 e. The number of aliphatic hydroxyl groups is 3. The van der Waals surface area contributed by atoms with E-state index >= 15 is 0 Å². The van der Waals surface area contributed by atoms with Gasteiger partial charge in [-0.25, -0.2) is 0 Å². The second kappa shape index (κ2) is 9.19. The molecule has 3 aliphatic carbocycles. The molecular weight excluding hydrogens is 396 g/mol. The van der Waals surface area contributed by atoms with E-state index < -0.39 is 0 Å². The van der Waals surface area contributed by atoms with E-state index in [1.165, 1.54) is 29.6 Å². The summed E-state index contributed by atoms with van der Waals surface area (Å²) in [6.07, 6.45) is 8.75. The molecule has 9 atom stereocenters. The van der Waals surface area contributed by atoms with Crippen LogP contribution < -0.4 is 0 Å². The SMILES string of the molecule is CC(C)=C/C(C)=C(\C)C1C(O)C[C@@]2(CO)C1CCC1[C@@](C)(CCC(C)O)C(C)CC[C@]12C. The highest BCUT2D eigenvalue weighted by Gasteiger charge is 2.68. The Balaban J connectivity index is 2.04. The summed E-state index contributed by atoms with van der Waals surface area (Å²) in [7, 11) is 0. The average Bonchev–Trinajstić information content (AvgIpc) is 3.02. The maximum atomic E-state index is 11.4. The lowest BCUT2D eigenvalue weighted by atomic mass is 9.38. The zero-order valence-corrected chi connectivity index (χ0v) is 22.0. The Kier molecular flexibility index (Phi) is 7.46. The molecule has 0 aromatic rings. The van der Waals surface area contributed by atoms with E-state index in [0.717, 1.165) is 25.7 Å². The maximum absolute atomic E-state index is 11.4. The molecule has 6 unspecified atom stereocenters. The fourth-order valence-electron chi connectivity index (χ4n) is 8.76. The highest BCUT2D eigenvalue weighted by molar-refractivity contribution is 5.31. The zero-order chi connectivity index (χ0) is 24.1. The van der Waals surface area contributed by atoms with Crippen molar-refractivity contribution in [3.05, 3.63) is 22.8 Å². The third-order valence-corrected chi connectivity index (χ3v) is 10.8. The normalized spacial score (nSPS) is 45.5. The molecule has 184 valence electrons. The first-order valence-electron chi connectivity index (χ1n) is 13.1. The molecule has 0 aliphatic heterocycles. The van der Waals surface area contributed by atoms with Gasteiger partial charge in [-0.2, -0.15) is 0 Å². The highest BCUT2D eigenvalue weighted by Crippen LogP contribution is 2.73. The molecule has 3 fully saturated rings. The predicted molar refractivity (Wildman–Crippen MR) is 133 cm³/mol. The molecule has 3 heteroatoms. The van der Waals surface area contributed by atoms with E-state index in [4.69, 9.17) is 0 Å². The number of rotatable bonds is 6. The standard InChI is InChI=1S/C29H50O3/c1-18(2)15-19(3)22(6)26-23-9-10-25-27(7,13-12-21(5)31)20(4)11-14-28(25,8)29(23,17-30)16-24(26)32/h15,20-21,23-26,30-32H,9-14,16-17H2,1-8H3/b22-19+/t20?,21?,23?,24?,25?,26?,27-,28+,29+/m0/s1. The van der Waals surface area contributed by atoms with Crippen molar-refractivity contribution < 1.29 is 15.3 Å². The van der Waals surface area contributed by atoms with Gasteiger partial charge in [0, 0.05) is 17.9 Å². The van der Waals surface area contributed by atoms with Crippen molar-refractivity contribution >= 4 is 0 Å². The molecule has 3 saturated carbocycles. The van der Waals surface area contributed by atoms with Crippen molar-refractivity contribution in [3.63, 3.8) is 0 Å². The van der Waals surface area contributed by atoms with Crippen LogP contribution in [0.15, 0.2) is 22.8 Å². The number of fused-ring (bicyclic) bond motifs is 3. The van der Waals surface area contributed by atoms with Crippen LogP contribution in [-0.4, -0.2) is 34.1 Å². The summed E-state index contributed by atoms with van der Waals surface area (Å²) in [4.78, 5) is 0. The highest BCUT2D eigenvalue weighted by atomic mass is 16.3. The van der Waals surface area contributed by atoms with Crippen LogP contribution in [0.3, 0.4) is 0 Å². The predicted octanol–water partition coefficient (Wildman–Crippen LogP) is 6.28. The molecule has 3 rings (SSSR count). The minimum absolute atomic E-state index is 0.0189. The molecule has 3 nitrogen and oxygen atoms in total. The fraction of sp³-hybridized carbons (Fsp3) is 0.862. The van der Waals surface area contributed by atoms with Crippen LogP contribution in [0.5, 0.6) is 0 Å². The van der Waals surface area contributed by atoms with Crippen LogP contribution in [0.1, 0.15) is 100 Å². The Morgan fingerprint density at radius 1 is 1.09 bits per heavy atom. The molecule has 0 saturated heterocycles. The van der Waals surface area contributed by atoms with Gasteiger partial charge in [0.25, 0.3) is 0 Å². The van der Waals surface area contributed by atoms with Gasteiger partial charge in [-0.15, -0.1) is 0 Å². The van der Waals surface area contributed by atoms with Crippen LogP contribution in [-0.2, 0) is 0 Å². The van der Waals surface area contributed by atoms with Crippen molar-refractivity contribution in [2.24, 2.45) is 39.9 Å². The Hall–Kier alpha value is -0.640. The molecule has 0 aromatic carbocycles. The monoisotopic (exact) mass is 446 g/mol. The van der Waals surface area contributed by atoms with Crippen molar-refractivity contribution in [1.29, 1.82) is 0 Å². The van der Waals surface area contributed by atoms with Gasteiger partial charge in [-0.05, 0) is 108 Å². The van der Waals surface area contributed by atoms with Gasteiger partial charge in [0.05, 0.1) is 12.2 Å². The summed E-state index contributed by atoms with van der Waals surface area (Å²) in [6, 6.07) is 0. The van der Waals surface area contributed by atoms with Crippen LogP contribution in [0.2, 0.25) is 0 Å². The first-order valence-corrected chi connectivity index (χ1v) is 13.1. The van der Waals surface area contributed by atoms with Gasteiger partial charge in [-0.3, -0.25) is 0 Å². The maximum Gasteiger partial charge on any atom is 0.0614 e.